The number of unbranched alkanes of at least 4 members (excludes halogenated alkanes) is 4. The Labute approximate surface area is 202 Å². The van der Waals surface area contributed by atoms with Crippen LogP contribution in [-0.4, -0.2) is 30.7 Å². The van der Waals surface area contributed by atoms with Crippen molar-refractivity contribution >= 4 is 17.7 Å². The fraction of sp³-hybridized carbons (Fsp3) is 0.310. The Morgan fingerprint density at radius 2 is 1.59 bits per heavy atom. The average Bonchev–Trinajstić information content (AvgIpc) is 2.86. The number of aromatic carboxylic acids is 1. The van der Waals surface area contributed by atoms with E-state index in [-0.39, 0.29) is 6.03 Å². The third kappa shape index (κ3) is 6.95. The molecule has 0 atom stereocenters. The molecule has 0 spiro atoms. The average molecular weight is 459 g/mol. The zero-order valence-electron chi connectivity index (χ0n) is 20.1. The Bertz CT molecular complexity index is 1090. The molecule has 0 aliphatic heterocycles. The van der Waals surface area contributed by atoms with E-state index in [0.717, 1.165) is 40.8 Å². The Kier molecular flexibility index (Phi) is 9.27. The van der Waals surface area contributed by atoms with Gasteiger partial charge in [0.05, 0.1) is 5.56 Å². The van der Waals surface area contributed by atoms with Crippen molar-refractivity contribution in [3.8, 4) is 11.1 Å². The molecule has 0 unspecified atom stereocenters. The second-order valence-corrected chi connectivity index (χ2v) is 8.59. The summed E-state index contributed by atoms with van der Waals surface area (Å²) in [4.78, 5) is 25.7. The molecule has 178 valence electrons. The van der Waals surface area contributed by atoms with Gasteiger partial charge in [0, 0.05) is 19.3 Å². The number of rotatable bonds is 11. The number of amides is 2. The smallest absolute Gasteiger partial charge is 0.335 e. The van der Waals surface area contributed by atoms with Gasteiger partial charge in [-0.1, -0.05) is 87.2 Å². The number of urea groups is 1. The lowest BCUT2D eigenvalue weighted by Crippen LogP contribution is -2.37. The van der Waals surface area contributed by atoms with Gasteiger partial charge in [-0.3, -0.25) is 4.90 Å². The highest BCUT2D eigenvalue weighted by Crippen LogP contribution is 2.25. The number of carboxylic acid groups (broad SMARTS) is 1. The molecule has 0 aliphatic carbocycles. The zero-order chi connectivity index (χ0) is 24.3. The molecule has 0 aromatic heterocycles. The molecule has 5 heteroatoms. The molecule has 34 heavy (non-hydrogen) atoms. The van der Waals surface area contributed by atoms with Crippen LogP contribution in [-0.2, 0) is 6.42 Å². The minimum atomic E-state index is -0.909. The van der Waals surface area contributed by atoms with Crippen LogP contribution in [0.4, 0.5) is 10.5 Å². The van der Waals surface area contributed by atoms with Crippen LogP contribution in [0.25, 0.3) is 11.1 Å². The highest BCUT2D eigenvalue weighted by Gasteiger charge is 2.12. The third-order valence-corrected chi connectivity index (χ3v) is 6.02. The van der Waals surface area contributed by atoms with Gasteiger partial charge in [0.2, 0.25) is 0 Å². The van der Waals surface area contributed by atoms with Crippen LogP contribution < -0.4 is 10.2 Å². The Morgan fingerprint density at radius 3 is 2.32 bits per heavy atom. The van der Waals surface area contributed by atoms with E-state index in [0.29, 0.717) is 18.5 Å². The molecule has 0 fully saturated rings. The standard InChI is InChI=1S/C29H34N2O3/c1-3-4-5-6-9-19-30-29(34)31(2)26-13-10-12-24(21-26)23-17-15-22(16-18-23)20-25-11-7-8-14-27(25)28(32)33/h7-8,10-18,21H,3-6,9,19-20H2,1-2H3,(H,30,34)(H,32,33). The van der Waals surface area contributed by atoms with Gasteiger partial charge in [-0.15, -0.1) is 0 Å². The number of carboxylic acids is 1. The van der Waals surface area contributed by atoms with E-state index in [9.17, 15) is 14.7 Å². The van der Waals surface area contributed by atoms with Crippen molar-refractivity contribution < 1.29 is 14.7 Å². The van der Waals surface area contributed by atoms with Crippen molar-refractivity contribution in [2.45, 2.75) is 45.4 Å². The topological polar surface area (TPSA) is 69.6 Å². The lowest BCUT2D eigenvalue weighted by atomic mass is 9.97. The van der Waals surface area contributed by atoms with E-state index in [1.807, 2.05) is 60.7 Å². The first-order valence-electron chi connectivity index (χ1n) is 12.0. The molecule has 3 aromatic rings. The van der Waals surface area contributed by atoms with Crippen molar-refractivity contribution in [3.63, 3.8) is 0 Å². The summed E-state index contributed by atoms with van der Waals surface area (Å²) in [5.74, 6) is -0.909. The van der Waals surface area contributed by atoms with Crippen LogP contribution in [0.3, 0.4) is 0 Å². The van der Waals surface area contributed by atoms with Gasteiger partial charge in [0.25, 0.3) is 0 Å². The van der Waals surface area contributed by atoms with Crippen molar-refractivity contribution in [1.82, 2.24) is 5.32 Å². The maximum atomic E-state index is 12.5. The molecular weight excluding hydrogens is 424 g/mol. The number of hydrogen-bond acceptors (Lipinski definition) is 2. The Hall–Kier alpha value is -3.60. The van der Waals surface area contributed by atoms with Gasteiger partial charge in [-0.05, 0) is 53.3 Å². The largest absolute Gasteiger partial charge is 0.478 e. The second kappa shape index (κ2) is 12.6. The normalized spacial score (nSPS) is 10.6. The van der Waals surface area contributed by atoms with Crippen LogP contribution in [0.2, 0.25) is 0 Å². The molecule has 0 aliphatic rings. The molecule has 0 heterocycles. The molecule has 0 saturated carbocycles. The highest BCUT2D eigenvalue weighted by atomic mass is 16.4. The number of benzene rings is 3. The lowest BCUT2D eigenvalue weighted by Gasteiger charge is -2.19. The summed E-state index contributed by atoms with van der Waals surface area (Å²) in [7, 11) is 1.79. The van der Waals surface area contributed by atoms with Gasteiger partial charge in [0.15, 0.2) is 0 Å². The second-order valence-electron chi connectivity index (χ2n) is 8.59. The molecule has 0 radical (unpaired) electrons. The predicted octanol–water partition coefficient (Wildman–Crippen LogP) is 6.76. The van der Waals surface area contributed by atoms with Gasteiger partial charge in [0.1, 0.15) is 0 Å². The van der Waals surface area contributed by atoms with Gasteiger partial charge >= 0.3 is 12.0 Å². The number of carbonyl (C=O) groups is 2. The van der Waals surface area contributed by atoms with E-state index in [1.54, 1.807) is 24.1 Å². The quantitative estimate of drug-likeness (QED) is 0.312. The molecule has 0 saturated heterocycles. The van der Waals surface area contributed by atoms with Crippen LogP contribution in [0.5, 0.6) is 0 Å². The Morgan fingerprint density at radius 1 is 0.853 bits per heavy atom. The summed E-state index contributed by atoms with van der Waals surface area (Å²) in [6, 6.07) is 23.0. The summed E-state index contributed by atoms with van der Waals surface area (Å²) < 4.78 is 0. The number of carbonyl (C=O) groups excluding carboxylic acids is 1. The maximum absolute atomic E-state index is 12.5. The van der Waals surface area contributed by atoms with Crippen molar-refractivity contribution in [2.24, 2.45) is 0 Å². The first-order valence-corrected chi connectivity index (χ1v) is 12.0. The van der Waals surface area contributed by atoms with Crippen molar-refractivity contribution in [1.29, 1.82) is 0 Å². The summed E-state index contributed by atoms with van der Waals surface area (Å²) >= 11 is 0. The molecule has 2 N–H and O–H groups in total. The molecule has 5 nitrogen and oxygen atoms in total. The highest BCUT2D eigenvalue weighted by molar-refractivity contribution is 5.92. The molecule has 3 rings (SSSR count). The Balaban J connectivity index is 1.63. The first kappa shape index (κ1) is 25.0. The minimum Gasteiger partial charge on any atom is -0.478 e. The number of nitrogens with one attached hydrogen (secondary N) is 1. The summed E-state index contributed by atoms with van der Waals surface area (Å²) in [6.07, 6.45) is 6.39. The van der Waals surface area contributed by atoms with Crippen molar-refractivity contribution in [2.75, 3.05) is 18.5 Å². The van der Waals surface area contributed by atoms with E-state index in [1.165, 1.54) is 19.3 Å². The van der Waals surface area contributed by atoms with E-state index < -0.39 is 5.97 Å². The molecule has 2 amide bonds. The van der Waals surface area contributed by atoms with E-state index >= 15 is 0 Å². The number of hydrogen-bond donors (Lipinski definition) is 2. The minimum absolute atomic E-state index is 0.0971. The van der Waals surface area contributed by atoms with Gasteiger partial charge < -0.3 is 10.4 Å². The number of anilines is 1. The van der Waals surface area contributed by atoms with E-state index in [4.69, 9.17) is 0 Å². The van der Waals surface area contributed by atoms with Crippen LogP contribution >= 0.6 is 0 Å². The summed E-state index contributed by atoms with van der Waals surface area (Å²) in [6.45, 7) is 2.89. The van der Waals surface area contributed by atoms with Gasteiger partial charge in [-0.2, -0.15) is 0 Å². The molecular formula is C29H34N2O3. The lowest BCUT2D eigenvalue weighted by molar-refractivity contribution is 0.0696. The SMILES string of the molecule is CCCCCCCNC(=O)N(C)c1cccc(-c2ccc(Cc3ccccc3C(=O)O)cc2)c1. The van der Waals surface area contributed by atoms with Crippen LogP contribution in [0.15, 0.2) is 72.8 Å². The fourth-order valence-corrected chi connectivity index (χ4v) is 3.97. The predicted molar refractivity (Wildman–Crippen MR) is 139 cm³/mol. The van der Waals surface area contributed by atoms with Crippen LogP contribution in [0, 0.1) is 0 Å². The molecule has 3 aromatic carbocycles. The summed E-state index contributed by atoms with van der Waals surface area (Å²) in [5.41, 5.74) is 5.07. The molecule has 0 bridgehead atoms. The first-order chi connectivity index (χ1) is 16.5. The monoisotopic (exact) mass is 458 g/mol. The maximum Gasteiger partial charge on any atom is 0.335 e. The third-order valence-electron chi connectivity index (χ3n) is 6.02. The zero-order valence-corrected chi connectivity index (χ0v) is 20.1. The fourth-order valence-electron chi connectivity index (χ4n) is 3.97. The number of nitrogens with zero attached hydrogens (tertiary/aromatic N) is 1. The van der Waals surface area contributed by atoms with E-state index in [2.05, 4.69) is 12.2 Å². The van der Waals surface area contributed by atoms with Gasteiger partial charge in [-0.25, -0.2) is 9.59 Å². The summed E-state index contributed by atoms with van der Waals surface area (Å²) in [5, 5.41) is 12.4. The van der Waals surface area contributed by atoms with Crippen molar-refractivity contribution in [3.05, 3.63) is 89.5 Å². The van der Waals surface area contributed by atoms with Crippen LogP contribution in [0.1, 0.15) is 60.5 Å².